The van der Waals surface area contributed by atoms with Crippen LogP contribution in [0.5, 0.6) is 0 Å². The van der Waals surface area contributed by atoms with Gasteiger partial charge in [-0.25, -0.2) is 0 Å². The predicted octanol–water partition coefficient (Wildman–Crippen LogP) is 3.56. The van der Waals surface area contributed by atoms with Gasteiger partial charge < -0.3 is 5.32 Å². The maximum Gasteiger partial charge on any atom is 0.0673 e. The summed E-state index contributed by atoms with van der Waals surface area (Å²) in [4.78, 5) is 0. The van der Waals surface area contributed by atoms with E-state index in [9.17, 15) is 0 Å². The molecular weight excluding hydrogens is 258 g/mol. The van der Waals surface area contributed by atoms with E-state index in [1.807, 2.05) is 18.8 Å². The number of aromatic nitrogens is 2. The Balaban J connectivity index is 1.95. The highest BCUT2D eigenvalue weighted by atomic mass is 15.3. The molecule has 1 aromatic heterocycles. The molecule has 0 bridgehead atoms. The van der Waals surface area contributed by atoms with E-state index in [0.29, 0.717) is 0 Å². The van der Waals surface area contributed by atoms with Crippen LogP contribution in [0.1, 0.15) is 60.5 Å². The first-order chi connectivity index (χ1) is 10.2. The van der Waals surface area contributed by atoms with Gasteiger partial charge in [-0.1, -0.05) is 37.6 Å². The summed E-state index contributed by atoms with van der Waals surface area (Å²) in [5.74, 6) is 0.780. The lowest BCUT2D eigenvalue weighted by Crippen LogP contribution is -2.19. The Labute approximate surface area is 127 Å². The first-order valence-electron chi connectivity index (χ1n) is 8.02. The molecule has 0 spiro atoms. The van der Waals surface area contributed by atoms with Crippen molar-refractivity contribution >= 4 is 0 Å². The summed E-state index contributed by atoms with van der Waals surface area (Å²) in [6.07, 6.45) is 7.20. The molecule has 1 heterocycles. The van der Waals surface area contributed by atoms with Crippen LogP contribution in [-0.2, 0) is 13.5 Å². The van der Waals surface area contributed by atoms with Crippen LogP contribution in [0.15, 0.2) is 30.5 Å². The van der Waals surface area contributed by atoms with Crippen molar-refractivity contribution in [2.45, 2.75) is 44.6 Å². The van der Waals surface area contributed by atoms with Crippen LogP contribution in [-0.4, -0.2) is 16.8 Å². The second kappa shape index (κ2) is 6.02. The highest BCUT2D eigenvalue weighted by Crippen LogP contribution is 2.37. The van der Waals surface area contributed by atoms with Gasteiger partial charge in [0.2, 0.25) is 0 Å². The van der Waals surface area contributed by atoms with E-state index in [1.54, 1.807) is 0 Å². The largest absolute Gasteiger partial charge is 0.309 e. The Morgan fingerprint density at radius 2 is 2.19 bits per heavy atom. The third-order valence-corrected chi connectivity index (χ3v) is 4.69. The molecule has 3 heteroatoms. The van der Waals surface area contributed by atoms with Gasteiger partial charge in [0.05, 0.1) is 11.7 Å². The number of hydrogen-bond acceptors (Lipinski definition) is 2. The fraction of sp³-hybridized carbons (Fsp3) is 0.500. The first kappa shape index (κ1) is 14.3. The molecule has 0 radical (unpaired) electrons. The standard InChI is InChI=1S/C18H25N3/c1-4-17-16(12-21(3)20-17)18(19-2)15-10-6-9-14(11-15)13-7-5-8-13/h6,9-13,18-19H,4-5,7-8H2,1-3H3. The highest BCUT2D eigenvalue weighted by Gasteiger charge is 2.22. The fourth-order valence-electron chi connectivity index (χ4n) is 3.30. The van der Waals surface area contributed by atoms with Crippen molar-refractivity contribution in [1.82, 2.24) is 15.1 Å². The van der Waals surface area contributed by atoms with E-state index in [-0.39, 0.29) is 6.04 Å². The molecule has 1 atom stereocenters. The molecule has 0 amide bonds. The van der Waals surface area contributed by atoms with Gasteiger partial charge in [0.1, 0.15) is 0 Å². The molecule has 112 valence electrons. The van der Waals surface area contributed by atoms with Crippen LogP contribution in [0.25, 0.3) is 0 Å². The van der Waals surface area contributed by atoms with E-state index in [1.165, 1.54) is 41.6 Å². The molecule has 3 nitrogen and oxygen atoms in total. The summed E-state index contributed by atoms with van der Waals surface area (Å²) in [6.45, 7) is 2.17. The lowest BCUT2D eigenvalue weighted by molar-refractivity contribution is 0.419. The molecule has 1 unspecified atom stereocenters. The van der Waals surface area contributed by atoms with Gasteiger partial charge in [-0.15, -0.1) is 0 Å². The van der Waals surface area contributed by atoms with Crippen LogP contribution in [0.3, 0.4) is 0 Å². The average Bonchev–Trinajstić information content (AvgIpc) is 2.79. The minimum atomic E-state index is 0.230. The third-order valence-electron chi connectivity index (χ3n) is 4.69. The van der Waals surface area contributed by atoms with E-state index >= 15 is 0 Å². The highest BCUT2D eigenvalue weighted by molar-refractivity contribution is 5.37. The van der Waals surface area contributed by atoms with Gasteiger partial charge in [-0.3, -0.25) is 4.68 Å². The predicted molar refractivity (Wildman–Crippen MR) is 86.5 cm³/mol. The molecule has 1 aliphatic rings. The summed E-state index contributed by atoms with van der Waals surface area (Å²) in [6, 6.07) is 9.33. The molecule has 21 heavy (non-hydrogen) atoms. The summed E-state index contributed by atoms with van der Waals surface area (Å²) in [7, 11) is 4.04. The Morgan fingerprint density at radius 3 is 2.81 bits per heavy atom. The quantitative estimate of drug-likeness (QED) is 0.909. The molecule has 0 saturated heterocycles. The SMILES string of the molecule is CCc1nn(C)cc1C(NC)c1cccc(C2CCC2)c1. The minimum absolute atomic E-state index is 0.230. The monoisotopic (exact) mass is 283 g/mol. The second-order valence-corrected chi connectivity index (χ2v) is 6.08. The maximum absolute atomic E-state index is 4.59. The molecule has 0 aliphatic heterocycles. The lowest BCUT2D eigenvalue weighted by Gasteiger charge is -2.27. The smallest absolute Gasteiger partial charge is 0.0673 e. The fourth-order valence-corrected chi connectivity index (χ4v) is 3.30. The van der Waals surface area contributed by atoms with Gasteiger partial charge in [0, 0.05) is 18.8 Å². The minimum Gasteiger partial charge on any atom is -0.309 e. The van der Waals surface area contributed by atoms with Crippen molar-refractivity contribution in [3.8, 4) is 0 Å². The maximum atomic E-state index is 4.59. The number of rotatable bonds is 5. The van der Waals surface area contributed by atoms with Crippen LogP contribution >= 0.6 is 0 Å². The van der Waals surface area contributed by atoms with Crippen molar-refractivity contribution in [3.05, 3.63) is 52.8 Å². The number of aryl methyl sites for hydroxylation is 2. The molecule has 2 aromatic rings. The number of nitrogens with one attached hydrogen (secondary N) is 1. The third kappa shape index (κ3) is 2.75. The molecule has 1 fully saturated rings. The van der Waals surface area contributed by atoms with Gasteiger partial charge in [-0.05, 0) is 43.4 Å². The summed E-state index contributed by atoms with van der Waals surface area (Å²) in [5, 5.41) is 8.06. The summed E-state index contributed by atoms with van der Waals surface area (Å²) >= 11 is 0. The van der Waals surface area contributed by atoms with Crippen LogP contribution in [0, 0.1) is 0 Å². The zero-order chi connectivity index (χ0) is 14.8. The second-order valence-electron chi connectivity index (χ2n) is 6.08. The molecule has 1 aromatic carbocycles. The van der Waals surface area contributed by atoms with E-state index in [4.69, 9.17) is 0 Å². The first-order valence-corrected chi connectivity index (χ1v) is 8.02. The lowest BCUT2D eigenvalue weighted by atomic mass is 9.79. The Bertz CT molecular complexity index is 611. The van der Waals surface area contributed by atoms with Gasteiger partial charge in [0.25, 0.3) is 0 Å². The Hall–Kier alpha value is -1.61. The summed E-state index contributed by atoms with van der Waals surface area (Å²) < 4.78 is 1.92. The van der Waals surface area contributed by atoms with Gasteiger partial charge >= 0.3 is 0 Å². The van der Waals surface area contributed by atoms with E-state index < -0.39 is 0 Å². The van der Waals surface area contributed by atoms with Crippen LogP contribution < -0.4 is 5.32 Å². The number of hydrogen-bond donors (Lipinski definition) is 1. The Kier molecular flexibility index (Phi) is 4.11. The summed E-state index contributed by atoms with van der Waals surface area (Å²) in [5.41, 5.74) is 5.34. The van der Waals surface area contributed by atoms with Crippen molar-refractivity contribution in [3.63, 3.8) is 0 Å². The number of nitrogens with zero attached hydrogens (tertiary/aromatic N) is 2. The van der Waals surface area contributed by atoms with Crippen LogP contribution in [0.4, 0.5) is 0 Å². The normalized spacial score (nSPS) is 16.7. The van der Waals surface area contributed by atoms with Crippen molar-refractivity contribution in [2.75, 3.05) is 7.05 Å². The van der Waals surface area contributed by atoms with Crippen molar-refractivity contribution in [1.29, 1.82) is 0 Å². The van der Waals surface area contributed by atoms with Gasteiger partial charge in [0.15, 0.2) is 0 Å². The average molecular weight is 283 g/mol. The topological polar surface area (TPSA) is 29.9 Å². The zero-order valence-electron chi connectivity index (χ0n) is 13.3. The molecule has 1 saturated carbocycles. The molecule has 3 rings (SSSR count). The van der Waals surface area contributed by atoms with Crippen LogP contribution in [0.2, 0.25) is 0 Å². The van der Waals surface area contributed by atoms with E-state index in [2.05, 4.69) is 47.8 Å². The zero-order valence-corrected chi connectivity index (χ0v) is 13.3. The molecule has 1 aliphatic carbocycles. The number of benzene rings is 1. The molecule has 1 N–H and O–H groups in total. The van der Waals surface area contributed by atoms with Gasteiger partial charge in [-0.2, -0.15) is 5.10 Å². The van der Waals surface area contributed by atoms with Crippen molar-refractivity contribution < 1.29 is 0 Å². The molecular formula is C18H25N3. The van der Waals surface area contributed by atoms with Crippen molar-refractivity contribution in [2.24, 2.45) is 7.05 Å². The Morgan fingerprint density at radius 1 is 1.38 bits per heavy atom. The van der Waals surface area contributed by atoms with E-state index in [0.717, 1.165) is 12.3 Å².